The molecule has 358 valence electrons. The van der Waals surface area contributed by atoms with Crippen LogP contribution in [-0.2, 0) is 38.5 Å². The smallest absolute Gasteiger partial charge is 0.395 e. The van der Waals surface area contributed by atoms with Crippen molar-refractivity contribution in [2.24, 2.45) is 16.7 Å². The van der Waals surface area contributed by atoms with Gasteiger partial charge in [-0.1, -0.05) is 72.8 Å². The van der Waals surface area contributed by atoms with Crippen molar-refractivity contribution < 1.29 is 56.6 Å². The first kappa shape index (κ1) is 51.7. The zero-order chi connectivity index (χ0) is 48.0. The second-order valence-corrected chi connectivity index (χ2v) is 23.5. The minimum atomic E-state index is -5.38. The molecule has 3 aliphatic heterocycles. The van der Waals surface area contributed by atoms with Gasteiger partial charge in [-0.05, 0) is 82.5 Å². The molecule has 0 saturated carbocycles. The molecule has 0 spiro atoms. The van der Waals surface area contributed by atoms with Crippen LogP contribution in [0.15, 0.2) is 54.6 Å². The van der Waals surface area contributed by atoms with E-state index in [1.54, 1.807) is 9.80 Å². The maximum absolute atomic E-state index is 16.5. The summed E-state index contributed by atoms with van der Waals surface area (Å²) in [5, 5.41) is 31.3. The lowest BCUT2D eigenvalue weighted by molar-refractivity contribution is -0.146. The van der Waals surface area contributed by atoms with E-state index in [1.165, 1.54) is 39.8 Å². The molecule has 3 saturated heterocycles. The monoisotopic (exact) mass is 990 g/mol. The fourth-order valence-electron chi connectivity index (χ4n) is 8.30. The second kappa shape index (κ2) is 21.7. The van der Waals surface area contributed by atoms with Gasteiger partial charge in [-0.15, -0.1) is 11.3 Å². The first-order valence-corrected chi connectivity index (χ1v) is 26.3. The summed E-state index contributed by atoms with van der Waals surface area (Å²) < 4.78 is 58.2. The van der Waals surface area contributed by atoms with Crippen molar-refractivity contribution in [1.82, 2.24) is 15.1 Å². The van der Waals surface area contributed by atoms with E-state index in [-0.39, 0.29) is 52.1 Å². The van der Waals surface area contributed by atoms with Crippen LogP contribution < -0.4 is 5.32 Å². The van der Waals surface area contributed by atoms with Gasteiger partial charge in [-0.3, -0.25) is 28.5 Å². The van der Waals surface area contributed by atoms with Gasteiger partial charge in [-0.2, -0.15) is 14.0 Å². The van der Waals surface area contributed by atoms with E-state index in [2.05, 4.69) is 11.4 Å². The van der Waals surface area contributed by atoms with Crippen molar-refractivity contribution in [3.05, 3.63) is 70.6 Å². The summed E-state index contributed by atoms with van der Waals surface area (Å²) >= 11 is 2.46. The average molecular weight is 991 g/mol. The van der Waals surface area contributed by atoms with Crippen LogP contribution in [0.1, 0.15) is 92.9 Å². The first-order chi connectivity index (χ1) is 31.3. The van der Waals surface area contributed by atoms with Gasteiger partial charge in [0.2, 0.25) is 11.8 Å². The number of amides is 3. The van der Waals surface area contributed by atoms with Crippen molar-refractivity contribution in [1.29, 1.82) is 5.26 Å². The summed E-state index contributed by atoms with van der Waals surface area (Å²) in [6.07, 6.45) is 3.60. The molecular weight excluding hydrogens is 934 g/mol. The lowest BCUT2D eigenvalue weighted by atomic mass is 9.90. The van der Waals surface area contributed by atoms with Crippen molar-refractivity contribution in [3.63, 3.8) is 0 Å². The highest BCUT2D eigenvalue weighted by molar-refractivity contribution is 8.14. The SMILES string of the molecule is CC(C)(CO)C(=O)SCCOP(=O)(OCCSC(=O)C(C)(C)CO)C(F)(F)c1ccc2sc(C(=O)N[C@H]3CCCC[C@H]4CC[C@@H](C(=O)N5C[C@@H](C#N)[C@H](c6ccccc6)C5)N4C3=O)cc2c1. The Balaban J connectivity index is 1.16. The van der Waals surface area contributed by atoms with Crippen molar-refractivity contribution in [2.75, 3.05) is 51.0 Å². The van der Waals surface area contributed by atoms with E-state index >= 15 is 8.78 Å². The van der Waals surface area contributed by atoms with Gasteiger partial charge in [0.1, 0.15) is 12.1 Å². The number of nitrogens with zero attached hydrogens (tertiary/aromatic N) is 3. The number of aliphatic hydroxyl groups is 2. The van der Waals surface area contributed by atoms with Gasteiger partial charge < -0.3 is 34.4 Å². The summed E-state index contributed by atoms with van der Waals surface area (Å²) in [6.45, 7) is 4.62. The fourth-order valence-corrected chi connectivity index (χ4v) is 12.6. The summed E-state index contributed by atoms with van der Waals surface area (Å²) in [7, 11) is -5.38. The summed E-state index contributed by atoms with van der Waals surface area (Å²) in [5.41, 5.74) is -6.23. The fraction of sp³-hybridized carbons (Fsp3) is 0.565. The quantitative estimate of drug-likeness (QED) is 0.0834. The van der Waals surface area contributed by atoms with Gasteiger partial charge >= 0.3 is 13.3 Å². The van der Waals surface area contributed by atoms with Gasteiger partial charge in [0.05, 0.1) is 54.1 Å². The molecule has 1 aromatic heterocycles. The molecular formula is C46H57F2N4O10PS3. The molecule has 4 heterocycles. The second-order valence-electron chi connectivity index (χ2n) is 18.2. The van der Waals surface area contributed by atoms with Gasteiger partial charge in [0, 0.05) is 46.8 Å². The molecule has 20 heteroatoms. The predicted octanol–water partition coefficient (Wildman–Crippen LogP) is 7.53. The number of fused-ring (bicyclic) bond motifs is 2. The molecule has 66 heavy (non-hydrogen) atoms. The molecule has 2 aromatic carbocycles. The summed E-state index contributed by atoms with van der Waals surface area (Å²) in [4.78, 5) is 70.9. The average Bonchev–Trinajstić information content (AvgIpc) is 4.06. The number of hydrogen-bond acceptors (Lipinski definition) is 14. The first-order valence-electron chi connectivity index (χ1n) is 22.0. The lowest BCUT2D eigenvalue weighted by Crippen LogP contribution is -2.56. The lowest BCUT2D eigenvalue weighted by Gasteiger charge is -2.36. The highest BCUT2D eigenvalue weighted by Gasteiger charge is 2.55. The molecule has 0 aliphatic carbocycles. The number of benzene rings is 2. The summed E-state index contributed by atoms with van der Waals surface area (Å²) in [5.74, 6) is -2.08. The Morgan fingerprint density at radius 2 is 1.52 bits per heavy atom. The maximum atomic E-state index is 16.5. The Kier molecular flexibility index (Phi) is 17.0. The third kappa shape index (κ3) is 11.4. The zero-order valence-corrected chi connectivity index (χ0v) is 40.8. The van der Waals surface area contributed by atoms with Crippen LogP contribution in [0.2, 0.25) is 0 Å². The Hall–Kier alpha value is -3.73. The molecule has 3 aliphatic rings. The van der Waals surface area contributed by atoms with Crippen LogP contribution in [-0.4, -0.2) is 117 Å². The molecule has 3 fully saturated rings. The van der Waals surface area contributed by atoms with Crippen LogP contribution in [0.4, 0.5) is 8.78 Å². The van der Waals surface area contributed by atoms with E-state index in [1.807, 2.05) is 30.3 Å². The normalized spacial score (nSPS) is 21.9. The highest BCUT2D eigenvalue weighted by Crippen LogP contribution is 2.67. The number of aliphatic hydroxyl groups excluding tert-OH is 2. The number of nitrogens with one attached hydrogen (secondary N) is 1. The molecule has 3 amide bonds. The number of hydrogen-bond donors (Lipinski definition) is 3. The highest BCUT2D eigenvalue weighted by atomic mass is 32.2. The van der Waals surface area contributed by atoms with Crippen LogP contribution in [0, 0.1) is 28.1 Å². The minimum Gasteiger partial charge on any atom is -0.395 e. The zero-order valence-electron chi connectivity index (χ0n) is 37.4. The third-order valence-corrected chi connectivity index (χ3v) is 17.9. The van der Waals surface area contributed by atoms with E-state index in [0.717, 1.165) is 65.4 Å². The maximum Gasteiger partial charge on any atom is 0.404 e. The van der Waals surface area contributed by atoms with E-state index in [9.17, 15) is 44.0 Å². The molecule has 0 radical (unpaired) electrons. The van der Waals surface area contributed by atoms with Crippen LogP contribution in [0.3, 0.4) is 0 Å². The molecule has 14 nitrogen and oxygen atoms in total. The molecule has 3 N–H and O–H groups in total. The number of nitriles is 1. The Labute approximate surface area is 396 Å². The van der Waals surface area contributed by atoms with E-state index < -0.39 is 90.2 Å². The van der Waals surface area contributed by atoms with E-state index in [0.29, 0.717) is 36.9 Å². The Morgan fingerprint density at radius 3 is 2.12 bits per heavy atom. The standard InChI is InChI=1S/C46H57F2N4O10PS3/c1-44(2,27-53)42(58)64-20-18-61-63(60,62-19-21-65-43(59)45(3,4)28-54)46(47,48)32-14-17-37-30(22-32)23-38(66-37)39(55)50-35-13-9-8-12-33-15-16-36(52(33)40(35)56)41(57)51-25-31(24-49)34(26-51)29-10-6-5-7-11-29/h5-7,10-11,14,17,22-23,31,33-36,53-54H,8-9,12-13,15-16,18-21,25-28H2,1-4H3,(H,50,55)/t31-,33+,34+,35+,36+/m1/s1. The predicted molar refractivity (Wildman–Crippen MR) is 250 cm³/mol. The number of alkyl halides is 2. The van der Waals surface area contributed by atoms with Crippen molar-refractivity contribution in [2.45, 2.75) is 95.9 Å². The number of halogens is 2. The number of thioether (sulfide) groups is 2. The molecule has 0 bridgehead atoms. The molecule has 0 unspecified atom stereocenters. The number of carbonyl (C=O) groups is 5. The molecule has 6 rings (SSSR count). The van der Waals surface area contributed by atoms with Crippen LogP contribution in [0.5, 0.6) is 0 Å². The number of thiophene rings is 1. The van der Waals surface area contributed by atoms with E-state index in [4.69, 9.17) is 9.05 Å². The van der Waals surface area contributed by atoms with Gasteiger partial charge in [0.15, 0.2) is 10.2 Å². The van der Waals surface area contributed by atoms with Gasteiger partial charge in [-0.25, -0.2) is 0 Å². The van der Waals surface area contributed by atoms with Crippen molar-refractivity contribution >= 4 is 80.5 Å². The molecule has 5 atom stereocenters. The number of rotatable bonds is 18. The van der Waals surface area contributed by atoms with Crippen LogP contribution >= 0.6 is 42.5 Å². The topological polar surface area (TPSA) is 204 Å². The summed E-state index contributed by atoms with van der Waals surface area (Å²) in [6, 6.07) is 15.0. The van der Waals surface area contributed by atoms with Crippen molar-refractivity contribution in [3.8, 4) is 6.07 Å². The number of carbonyl (C=O) groups excluding carboxylic acids is 5. The van der Waals surface area contributed by atoms with Gasteiger partial charge in [0.25, 0.3) is 5.91 Å². The number of likely N-dealkylation sites (tertiary alicyclic amines) is 1. The largest absolute Gasteiger partial charge is 0.404 e. The van der Waals surface area contributed by atoms with Crippen LogP contribution in [0.25, 0.3) is 10.1 Å². The molecule has 3 aromatic rings. The Morgan fingerprint density at radius 1 is 0.894 bits per heavy atom. The Bertz CT molecular complexity index is 2320. The third-order valence-electron chi connectivity index (χ3n) is 12.4. The minimum absolute atomic E-state index is 0.133.